The fourth-order valence-electron chi connectivity index (χ4n) is 6.00. The Labute approximate surface area is 144 Å². The van der Waals surface area contributed by atoms with E-state index in [1.165, 1.54) is 11.1 Å². The largest absolute Gasteiger partial charge is 0.504 e. The lowest BCUT2D eigenvalue weighted by Gasteiger charge is -2.52. The Morgan fingerprint density at radius 1 is 1.25 bits per heavy atom. The lowest BCUT2D eigenvalue weighted by atomic mass is 9.53. The van der Waals surface area contributed by atoms with E-state index in [1.54, 1.807) is 7.11 Å². The van der Waals surface area contributed by atoms with Crippen LogP contribution in [0.15, 0.2) is 12.1 Å². The topological polar surface area (TPSA) is 49.7 Å². The smallest absolute Gasteiger partial charge is 0.160 e. The minimum atomic E-state index is -0.949. The van der Waals surface area contributed by atoms with Gasteiger partial charge < -0.3 is 14.9 Å². The van der Waals surface area contributed by atoms with Crippen LogP contribution in [0.1, 0.15) is 56.1 Å². The summed E-state index contributed by atoms with van der Waals surface area (Å²) in [7, 11) is 1.60. The monoisotopic (exact) mass is 326 g/mol. The van der Waals surface area contributed by atoms with Crippen molar-refractivity contribution in [3.8, 4) is 23.8 Å². The molecule has 0 bridgehead atoms. The summed E-state index contributed by atoms with van der Waals surface area (Å²) in [6.07, 6.45) is 11.6. The minimum Gasteiger partial charge on any atom is -0.504 e. The Balaban J connectivity index is 1.73. The molecule has 0 amide bonds. The molecule has 0 saturated heterocycles. The number of aliphatic hydroxyl groups is 1. The van der Waals surface area contributed by atoms with Gasteiger partial charge in [-0.15, -0.1) is 6.42 Å². The Bertz CT molecular complexity index is 719. The van der Waals surface area contributed by atoms with E-state index < -0.39 is 5.60 Å². The SMILES string of the molecule is C#C[C@]1(O)CC[C@H]2[C@@H]3CCc4cc(O)c(OC)cc4[C@H]3CCC21C. The molecule has 5 atom stereocenters. The van der Waals surface area contributed by atoms with Crippen LogP contribution in [0.4, 0.5) is 0 Å². The second kappa shape index (κ2) is 5.17. The molecule has 0 spiro atoms. The van der Waals surface area contributed by atoms with E-state index in [9.17, 15) is 10.2 Å². The van der Waals surface area contributed by atoms with Crippen LogP contribution in [-0.2, 0) is 6.42 Å². The second-order valence-electron chi connectivity index (χ2n) is 8.14. The zero-order chi connectivity index (χ0) is 17.1. The van der Waals surface area contributed by atoms with Crippen molar-refractivity contribution < 1.29 is 14.9 Å². The summed E-state index contributed by atoms with van der Waals surface area (Å²) in [6.45, 7) is 2.20. The number of ether oxygens (including phenoxy) is 1. The van der Waals surface area contributed by atoms with E-state index in [0.29, 0.717) is 23.5 Å². The first-order chi connectivity index (χ1) is 11.4. The van der Waals surface area contributed by atoms with Gasteiger partial charge in [-0.05, 0) is 79.5 Å². The van der Waals surface area contributed by atoms with E-state index in [4.69, 9.17) is 11.2 Å². The van der Waals surface area contributed by atoms with Crippen LogP contribution in [-0.4, -0.2) is 22.9 Å². The average Bonchev–Trinajstić information content (AvgIpc) is 2.86. The molecular formula is C21H26O3. The molecule has 1 aromatic carbocycles. The van der Waals surface area contributed by atoms with Crippen LogP contribution >= 0.6 is 0 Å². The van der Waals surface area contributed by atoms with E-state index >= 15 is 0 Å². The molecule has 128 valence electrons. The molecule has 0 heterocycles. The molecule has 2 saturated carbocycles. The van der Waals surface area contributed by atoms with Gasteiger partial charge in [-0.25, -0.2) is 0 Å². The summed E-state index contributed by atoms with van der Waals surface area (Å²) in [5, 5.41) is 21.0. The van der Waals surface area contributed by atoms with E-state index in [2.05, 4.69) is 12.8 Å². The molecule has 3 aliphatic carbocycles. The molecule has 3 nitrogen and oxygen atoms in total. The molecule has 3 heteroatoms. The van der Waals surface area contributed by atoms with Crippen molar-refractivity contribution in [3.63, 3.8) is 0 Å². The number of aromatic hydroxyl groups is 1. The number of hydrogen-bond acceptors (Lipinski definition) is 3. The van der Waals surface area contributed by atoms with Crippen molar-refractivity contribution in [3.05, 3.63) is 23.3 Å². The third-order valence-electron chi connectivity index (χ3n) is 7.41. The van der Waals surface area contributed by atoms with Gasteiger partial charge in [0.25, 0.3) is 0 Å². The average molecular weight is 326 g/mol. The number of fused-ring (bicyclic) bond motifs is 5. The summed E-state index contributed by atoms with van der Waals surface area (Å²) >= 11 is 0. The lowest BCUT2D eigenvalue weighted by molar-refractivity contribution is -0.0647. The molecule has 2 N–H and O–H groups in total. The molecule has 1 aromatic rings. The number of methoxy groups -OCH3 is 1. The zero-order valence-corrected chi connectivity index (χ0v) is 14.5. The Kier molecular flexibility index (Phi) is 3.41. The number of aryl methyl sites for hydroxylation is 1. The van der Waals surface area contributed by atoms with Gasteiger partial charge >= 0.3 is 0 Å². The van der Waals surface area contributed by atoms with Crippen molar-refractivity contribution in [1.29, 1.82) is 0 Å². The first-order valence-electron chi connectivity index (χ1n) is 9.03. The highest BCUT2D eigenvalue weighted by Crippen LogP contribution is 2.64. The number of phenolic OH excluding ortho intramolecular Hbond substituents is 1. The van der Waals surface area contributed by atoms with Gasteiger partial charge in [-0.2, -0.15) is 0 Å². The summed E-state index contributed by atoms with van der Waals surface area (Å²) in [6, 6.07) is 3.91. The Hall–Kier alpha value is -1.66. The number of phenols is 1. The van der Waals surface area contributed by atoms with Crippen molar-refractivity contribution >= 4 is 0 Å². The molecule has 0 radical (unpaired) electrons. The van der Waals surface area contributed by atoms with Gasteiger partial charge in [-0.3, -0.25) is 0 Å². The summed E-state index contributed by atoms with van der Waals surface area (Å²) in [4.78, 5) is 0. The molecular weight excluding hydrogens is 300 g/mol. The van der Waals surface area contributed by atoms with E-state index in [-0.39, 0.29) is 11.2 Å². The predicted octanol–water partition coefficient (Wildman–Crippen LogP) is 3.62. The Morgan fingerprint density at radius 3 is 2.75 bits per heavy atom. The molecule has 4 rings (SSSR count). The number of benzene rings is 1. The van der Waals surface area contributed by atoms with Crippen LogP contribution in [0.25, 0.3) is 0 Å². The van der Waals surface area contributed by atoms with Gasteiger partial charge in [0.05, 0.1) is 7.11 Å². The van der Waals surface area contributed by atoms with Gasteiger partial charge in [0.1, 0.15) is 5.60 Å². The second-order valence-corrected chi connectivity index (χ2v) is 8.14. The number of rotatable bonds is 1. The maximum Gasteiger partial charge on any atom is 0.160 e. The number of hydrogen-bond donors (Lipinski definition) is 2. The van der Waals surface area contributed by atoms with Crippen molar-refractivity contribution in [2.24, 2.45) is 17.3 Å². The van der Waals surface area contributed by atoms with Crippen molar-refractivity contribution in [2.75, 3.05) is 7.11 Å². The zero-order valence-electron chi connectivity index (χ0n) is 14.5. The third-order valence-corrected chi connectivity index (χ3v) is 7.41. The third kappa shape index (κ3) is 1.90. The van der Waals surface area contributed by atoms with Gasteiger partial charge in [0, 0.05) is 5.41 Å². The fraction of sp³-hybridized carbons (Fsp3) is 0.619. The maximum absolute atomic E-state index is 11.0. The van der Waals surface area contributed by atoms with E-state index in [1.807, 2.05) is 12.1 Å². The summed E-state index contributed by atoms with van der Waals surface area (Å²) in [5.74, 6) is 5.05. The Morgan fingerprint density at radius 2 is 2.04 bits per heavy atom. The molecule has 2 fully saturated rings. The van der Waals surface area contributed by atoms with Gasteiger partial charge in [-0.1, -0.05) is 12.8 Å². The normalized spacial score (nSPS) is 40.2. The lowest BCUT2D eigenvalue weighted by Crippen LogP contribution is -2.50. The highest BCUT2D eigenvalue weighted by Gasteiger charge is 2.61. The summed E-state index contributed by atoms with van der Waals surface area (Å²) in [5.41, 5.74) is 1.47. The van der Waals surface area contributed by atoms with Gasteiger partial charge in [0.2, 0.25) is 0 Å². The minimum absolute atomic E-state index is 0.165. The summed E-state index contributed by atoms with van der Waals surface area (Å²) < 4.78 is 5.33. The molecule has 3 aliphatic rings. The highest BCUT2D eigenvalue weighted by molar-refractivity contribution is 5.49. The van der Waals surface area contributed by atoms with Crippen LogP contribution in [0.2, 0.25) is 0 Å². The van der Waals surface area contributed by atoms with Crippen molar-refractivity contribution in [1.82, 2.24) is 0 Å². The predicted molar refractivity (Wildman–Crippen MR) is 93.1 cm³/mol. The maximum atomic E-state index is 11.0. The first kappa shape index (κ1) is 15.8. The van der Waals surface area contributed by atoms with Crippen LogP contribution in [0, 0.1) is 29.6 Å². The molecule has 0 aromatic heterocycles. The van der Waals surface area contributed by atoms with Crippen LogP contribution in [0.3, 0.4) is 0 Å². The van der Waals surface area contributed by atoms with Crippen LogP contribution in [0.5, 0.6) is 11.5 Å². The molecule has 1 unspecified atom stereocenters. The molecule has 0 aliphatic heterocycles. The number of terminal acetylenes is 1. The van der Waals surface area contributed by atoms with Gasteiger partial charge in [0.15, 0.2) is 11.5 Å². The van der Waals surface area contributed by atoms with Crippen molar-refractivity contribution in [2.45, 2.75) is 57.0 Å². The first-order valence-corrected chi connectivity index (χ1v) is 9.03. The fourth-order valence-corrected chi connectivity index (χ4v) is 6.00. The van der Waals surface area contributed by atoms with Crippen LogP contribution < -0.4 is 4.74 Å². The highest BCUT2D eigenvalue weighted by atomic mass is 16.5. The quantitative estimate of drug-likeness (QED) is 0.775. The standard InChI is InChI=1S/C21H26O3/c1-4-21(23)10-8-17-15-6-5-13-11-18(22)19(24-3)12-16(13)14(15)7-9-20(17,21)2/h1,11-12,14-15,17,22-23H,5-10H2,2-3H3/t14-,15+,17-,20?,21-/m0/s1. The van der Waals surface area contributed by atoms with E-state index in [0.717, 1.165) is 38.5 Å². The molecule has 24 heavy (non-hydrogen) atoms.